The average Bonchev–Trinajstić information content (AvgIpc) is 2.46. The fourth-order valence-electron chi connectivity index (χ4n) is 2.53. The first-order valence-corrected chi connectivity index (χ1v) is 7.71. The summed E-state index contributed by atoms with van der Waals surface area (Å²) in [6.45, 7) is 4.71. The minimum Gasteiger partial charge on any atom is -0.375 e. The highest BCUT2D eigenvalue weighted by Crippen LogP contribution is 2.26. The number of anilines is 1. The van der Waals surface area contributed by atoms with Crippen LogP contribution in [0.5, 0.6) is 0 Å². The molecule has 1 aromatic heterocycles. The van der Waals surface area contributed by atoms with Gasteiger partial charge in [-0.15, -0.1) is 0 Å². The third kappa shape index (κ3) is 2.60. The van der Waals surface area contributed by atoms with Crippen LogP contribution in [0.15, 0.2) is 30.3 Å². The molecular formula is C15H17BrN2O. The zero-order valence-electron chi connectivity index (χ0n) is 11.0. The van der Waals surface area contributed by atoms with E-state index in [-0.39, 0.29) is 6.10 Å². The standard InChI is InChI=1S/C15H17BrN2O/c1-11-10-18(6-7-19-11)15-13(9-16)8-12-4-2-3-5-14(12)17-15/h2-5,8,11H,6-7,9-10H2,1H3. The highest BCUT2D eigenvalue weighted by Gasteiger charge is 2.20. The number of pyridine rings is 1. The summed E-state index contributed by atoms with van der Waals surface area (Å²) in [4.78, 5) is 7.18. The van der Waals surface area contributed by atoms with Gasteiger partial charge in [-0.1, -0.05) is 34.1 Å². The van der Waals surface area contributed by atoms with E-state index in [1.54, 1.807) is 0 Å². The second kappa shape index (κ2) is 5.47. The topological polar surface area (TPSA) is 25.4 Å². The number of para-hydroxylation sites is 1. The zero-order chi connectivity index (χ0) is 13.2. The average molecular weight is 321 g/mol. The van der Waals surface area contributed by atoms with Crippen molar-refractivity contribution in [1.82, 2.24) is 4.98 Å². The number of aromatic nitrogens is 1. The fraction of sp³-hybridized carbons (Fsp3) is 0.400. The molecule has 2 aromatic rings. The number of halogens is 1. The number of hydrogen-bond acceptors (Lipinski definition) is 3. The summed E-state index contributed by atoms with van der Waals surface area (Å²) in [5.41, 5.74) is 2.30. The van der Waals surface area contributed by atoms with Crippen LogP contribution < -0.4 is 4.90 Å². The minimum atomic E-state index is 0.269. The van der Waals surface area contributed by atoms with Gasteiger partial charge in [0.25, 0.3) is 0 Å². The maximum absolute atomic E-state index is 5.61. The van der Waals surface area contributed by atoms with Crippen LogP contribution in [0, 0.1) is 0 Å². The van der Waals surface area contributed by atoms with Crippen molar-refractivity contribution in [3.8, 4) is 0 Å². The van der Waals surface area contributed by atoms with E-state index in [4.69, 9.17) is 9.72 Å². The molecule has 0 bridgehead atoms. The van der Waals surface area contributed by atoms with Crippen molar-refractivity contribution in [2.24, 2.45) is 0 Å². The summed E-state index contributed by atoms with van der Waals surface area (Å²) < 4.78 is 5.61. The third-order valence-electron chi connectivity index (χ3n) is 3.46. The van der Waals surface area contributed by atoms with E-state index in [9.17, 15) is 0 Å². The molecule has 1 aromatic carbocycles. The summed E-state index contributed by atoms with van der Waals surface area (Å²) in [5, 5.41) is 2.02. The zero-order valence-corrected chi connectivity index (χ0v) is 12.6. The molecule has 0 radical (unpaired) electrons. The van der Waals surface area contributed by atoms with Crippen LogP contribution in [0.25, 0.3) is 10.9 Å². The van der Waals surface area contributed by atoms with Crippen LogP contribution >= 0.6 is 15.9 Å². The smallest absolute Gasteiger partial charge is 0.133 e. The molecule has 0 amide bonds. The number of hydrogen-bond donors (Lipinski definition) is 0. The lowest BCUT2D eigenvalue weighted by Crippen LogP contribution is -2.42. The van der Waals surface area contributed by atoms with E-state index < -0.39 is 0 Å². The first-order chi connectivity index (χ1) is 9.28. The number of benzene rings is 1. The van der Waals surface area contributed by atoms with E-state index in [0.29, 0.717) is 0 Å². The van der Waals surface area contributed by atoms with Crippen molar-refractivity contribution < 1.29 is 4.74 Å². The highest BCUT2D eigenvalue weighted by molar-refractivity contribution is 9.08. The monoisotopic (exact) mass is 320 g/mol. The quantitative estimate of drug-likeness (QED) is 0.793. The van der Waals surface area contributed by atoms with Crippen molar-refractivity contribution in [1.29, 1.82) is 0 Å². The lowest BCUT2D eigenvalue weighted by atomic mass is 10.1. The molecule has 1 aliphatic rings. The van der Waals surface area contributed by atoms with Gasteiger partial charge >= 0.3 is 0 Å². The molecule has 1 aliphatic heterocycles. The number of ether oxygens (including phenoxy) is 1. The number of alkyl halides is 1. The van der Waals surface area contributed by atoms with Gasteiger partial charge in [-0.3, -0.25) is 0 Å². The molecule has 1 unspecified atom stereocenters. The van der Waals surface area contributed by atoms with Gasteiger partial charge in [-0.25, -0.2) is 4.98 Å². The van der Waals surface area contributed by atoms with Gasteiger partial charge in [0.15, 0.2) is 0 Å². The molecule has 1 saturated heterocycles. The number of morpholine rings is 1. The third-order valence-corrected chi connectivity index (χ3v) is 4.07. The summed E-state index contributed by atoms with van der Waals surface area (Å²) in [7, 11) is 0. The van der Waals surface area contributed by atoms with Gasteiger partial charge in [0, 0.05) is 29.4 Å². The Labute approximate surface area is 121 Å². The van der Waals surface area contributed by atoms with Gasteiger partial charge in [0.2, 0.25) is 0 Å². The molecule has 0 aliphatic carbocycles. The van der Waals surface area contributed by atoms with Crippen LogP contribution in [0.4, 0.5) is 5.82 Å². The lowest BCUT2D eigenvalue weighted by Gasteiger charge is -2.33. The van der Waals surface area contributed by atoms with E-state index >= 15 is 0 Å². The maximum Gasteiger partial charge on any atom is 0.133 e. The molecule has 19 heavy (non-hydrogen) atoms. The molecule has 3 nitrogen and oxygen atoms in total. The Morgan fingerprint density at radius 1 is 1.42 bits per heavy atom. The Kier molecular flexibility index (Phi) is 3.71. The minimum absolute atomic E-state index is 0.269. The molecule has 1 atom stereocenters. The van der Waals surface area contributed by atoms with Crippen molar-refractivity contribution >= 4 is 32.7 Å². The van der Waals surface area contributed by atoms with Crippen molar-refractivity contribution in [2.75, 3.05) is 24.6 Å². The summed E-state index contributed by atoms with van der Waals surface area (Å²) in [6.07, 6.45) is 0.269. The van der Waals surface area contributed by atoms with Crippen molar-refractivity contribution in [3.05, 3.63) is 35.9 Å². The van der Waals surface area contributed by atoms with Gasteiger partial charge in [0.05, 0.1) is 18.2 Å². The highest BCUT2D eigenvalue weighted by atomic mass is 79.9. The molecular weight excluding hydrogens is 304 g/mol. The first kappa shape index (κ1) is 12.9. The summed E-state index contributed by atoms with van der Waals surface area (Å²) in [6, 6.07) is 10.5. The fourth-order valence-corrected chi connectivity index (χ4v) is 2.95. The Balaban J connectivity index is 2.05. The Hall–Kier alpha value is -1.13. The Bertz CT molecular complexity index is 587. The van der Waals surface area contributed by atoms with E-state index in [1.165, 1.54) is 10.9 Å². The molecule has 100 valence electrons. The van der Waals surface area contributed by atoms with Crippen LogP contribution in [-0.4, -0.2) is 30.8 Å². The van der Waals surface area contributed by atoms with Crippen LogP contribution in [-0.2, 0) is 10.1 Å². The Morgan fingerprint density at radius 2 is 2.26 bits per heavy atom. The molecule has 0 saturated carbocycles. The lowest BCUT2D eigenvalue weighted by molar-refractivity contribution is 0.0529. The Morgan fingerprint density at radius 3 is 3.05 bits per heavy atom. The SMILES string of the molecule is CC1CN(c2nc3ccccc3cc2CBr)CCO1. The summed E-state index contributed by atoms with van der Waals surface area (Å²) in [5.74, 6) is 1.09. The molecule has 0 N–H and O–H groups in total. The number of fused-ring (bicyclic) bond motifs is 1. The van der Waals surface area contributed by atoms with Gasteiger partial charge in [-0.05, 0) is 19.1 Å². The number of nitrogens with zero attached hydrogens (tertiary/aromatic N) is 2. The first-order valence-electron chi connectivity index (χ1n) is 6.59. The predicted molar refractivity (Wildman–Crippen MR) is 82.0 cm³/mol. The van der Waals surface area contributed by atoms with Crippen LogP contribution in [0.3, 0.4) is 0 Å². The molecule has 4 heteroatoms. The van der Waals surface area contributed by atoms with Gasteiger partial charge in [0.1, 0.15) is 5.82 Å². The molecule has 3 rings (SSSR count). The molecule has 2 heterocycles. The molecule has 0 spiro atoms. The normalized spacial score (nSPS) is 19.9. The predicted octanol–water partition coefficient (Wildman–Crippen LogP) is 3.35. The van der Waals surface area contributed by atoms with Crippen molar-refractivity contribution in [3.63, 3.8) is 0 Å². The van der Waals surface area contributed by atoms with Gasteiger partial charge in [-0.2, -0.15) is 0 Å². The maximum atomic E-state index is 5.61. The number of rotatable bonds is 2. The summed E-state index contributed by atoms with van der Waals surface area (Å²) >= 11 is 3.58. The van der Waals surface area contributed by atoms with Crippen molar-refractivity contribution in [2.45, 2.75) is 18.4 Å². The second-order valence-corrected chi connectivity index (χ2v) is 5.49. The van der Waals surface area contributed by atoms with E-state index in [2.05, 4.69) is 52.0 Å². The van der Waals surface area contributed by atoms with Gasteiger partial charge < -0.3 is 9.64 Å². The van der Waals surface area contributed by atoms with E-state index in [0.717, 1.165) is 36.4 Å². The molecule has 1 fully saturated rings. The van der Waals surface area contributed by atoms with E-state index in [1.807, 2.05) is 6.07 Å². The largest absolute Gasteiger partial charge is 0.375 e. The van der Waals surface area contributed by atoms with Crippen LogP contribution in [0.1, 0.15) is 12.5 Å². The second-order valence-electron chi connectivity index (χ2n) is 4.92. The van der Waals surface area contributed by atoms with Crippen LogP contribution in [0.2, 0.25) is 0 Å².